The first-order valence-electron chi connectivity index (χ1n) is 7.29. The van der Waals surface area contributed by atoms with Crippen molar-refractivity contribution < 1.29 is 4.39 Å². The second-order valence-electron chi connectivity index (χ2n) is 5.10. The quantitative estimate of drug-likeness (QED) is 0.819. The fourth-order valence-corrected chi connectivity index (χ4v) is 2.20. The summed E-state index contributed by atoms with van der Waals surface area (Å²) < 4.78 is 13.8. The van der Waals surface area contributed by atoms with Gasteiger partial charge in [0.05, 0.1) is 5.69 Å². The second kappa shape index (κ2) is 7.18. The maximum Gasteiger partial charge on any atom is 0.146 e. The van der Waals surface area contributed by atoms with Gasteiger partial charge in [-0.3, -0.25) is 0 Å². The van der Waals surface area contributed by atoms with E-state index in [-0.39, 0.29) is 5.82 Å². The fraction of sp³-hybridized carbons (Fsp3) is 0.353. The predicted molar refractivity (Wildman–Crippen MR) is 85.4 cm³/mol. The molecule has 0 aliphatic heterocycles. The highest BCUT2D eigenvalue weighted by Gasteiger charge is 2.11. The number of anilines is 2. The van der Waals surface area contributed by atoms with E-state index >= 15 is 0 Å². The maximum absolute atomic E-state index is 13.8. The lowest BCUT2D eigenvalue weighted by Crippen LogP contribution is -2.17. The molecule has 0 fully saturated rings. The van der Waals surface area contributed by atoms with E-state index < -0.39 is 0 Å². The standard InChI is InChI=1S/C17H22FN3/c1-4-11-19-12-14-9-10-17(20-13(14)2)21(3)16-8-6-5-7-15(16)18/h5-10,19H,4,11-12H2,1-3H3. The molecule has 4 heteroatoms. The molecule has 0 aliphatic carbocycles. The van der Waals surface area contributed by atoms with Crippen LogP contribution in [0.2, 0.25) is 0 Å². The maximum atomic E-state index is 13.8. The minimum absolute atomic E-state index is 0.242. The van der Waals surface area contributed by atoms with E-state index in [0.29, 0.717) is 5.69 Å². The van der Waals surface area contributed by atoms with Crippen LogP contribution >= 0.6 is 0 Å². The summed E-state index contributed by atoms with van der Waals surface area (Å²) in [4.78, 5) is 6.36. The van der Waals surface area contributed by atoms with Gasteiger partial charge in [-0.25, -0.2) is 9.37 Å². The topological polar surface area (TPSA) is 28.2 Å². The van der Waals surface area contributed by atoms with Crippen LogP contribution in [0.1, 0.15) is 24.6 Å². The highest BCUT2D eigenvalue weighted by molar-refractivity contribution is 5.60. The zero-order chi connectivity index (χ0) is 15.2. The minimum atomic E-state index is -0.242. The molecule has 3 nitrogen and oxygen atoms in total. The lowest BCUT2D eigenvalue weighted by Gasteiger charge is -2.20. The molecule has 0 atom stereocenters. The molecule has 0 bridgehead atoms. The van der Waals surface area contributed by atoms with Crippen LogP contribution in [0.3, 0.4) is 0 Å². The van der Waals surface area contributed by atoms with Gasteiger partial charge in [0.2, 0.25) is 0 Å². The normalized spacial score (nSPS) is 10.7. The molecule has 0 spiro atoms. The van der Waals surface area contributed by atoms with Gasteiger partial charge in [-0.2, -0.15) is 0 Å². The van der Waals surface area contributed by atoms with Crippen LogP contribution in [-0.2, 0) is 6.54 Å². The summed E-state index contributed by atoms with van der Waals surface area (Å²) in [7, 11) is 1.83. The molecule has 2 aromatic rings. The molecule has 0 saturated heterocycles. The molecule has 0 aliphatic rings. The predicted octanol–water partition coefficient (Wildman–Crippen LogP) is 3.80. The number of aromatic nitrogens is 1. The number of halogens is 1. The summed E-state index contributed by atoms with van der Waals surface area (Å²) >= 11 is 0. The van der Waals surface area contributed by atoms with Gasteiger partial charge < -0.3 is 10.2 Å². The summed E-state index contributed by atoms with van der Waals surface area (Å²) in [5.41, 5.74) is 2.68. The van der Waals surface area contributed by atoms with Crippen LogP contribution in [-0.4, -0.2) is 18.6 Å². The summed E-state index contributed by atoms with van der Waals surface area (Å²) in [6.07, 6.45) is 1.11. The van der Waals surface area contributed by atoms with Crippen molar-refractivity contribution in [1.29, 1.82) is 0 Å². The highest BCUT2D eigenvalue weighted by atomic mass is 19.1. The number of hydrogen-bond acceptors (Lipinski definition) is 3. The Kier molecular flexibility index (Phi) is 5.28. The first-order chi connectivity index (χ1) is 10.1. The largest absolute Gasteiger partial charge is 0.327 e. The van der Waals surface area contributed by atoms with Gasteiger partial charge in [0.1, 0.15) is 11.6 Å². The van der Waals surface area contributed by atoms with Gasteiger partial charge in [0.25, 0.3) is 0 Å². The van der Waals surface area contributed by atoms with E-state index in [0.717, 1.165) is 31.0 Å². The fourth-order valence-electron chi connectivity index (χ4n) is 2.20. The third-order valence-corrected chi connectivity index (χ3v) is 3.48. The average Bonchev–Trinajstić information content (AvgIpc) is 2.49. The van der Waals surface area contributed by atoms with E-state index in [2.05, 4.69) is 23.3 Å². The van der Waals surface area contributed by atoms with Crippen LogP contribution in [0.15, 0.2) is 36.4 Å². The smallest absolute Gasteiger partial charge is 0.146 e. The second-order valence-corrected chi connectivity index (χ2v) is 5.10. The first-order valence-corrected chi connectivity index (χ1v) is 7.29. The lowest BCUT2D eigenvalue weighted by atomic mass is 10.2. The molecule has 0 saturated carbocycles. The van der Waals surface area contributed by atoms with Crippen molar-refractivity contribution in [2.75, 3.05) is 18.5 Å². The number of para-hydroxylation sites is 1. The third kappa shape index (κ3) is 3.79. The molecule has 112 valence electrons. The zero-order valence-corrected chi connectivity index (χ0v) is 12.9. The first kappa shape index (κ1) is 15.4. The molecule has 1 N–H and O–H groups in total. The lowest BCUT2D eigenvalue weighted by molar-refractivity contribution is 0.627. The summed E-state index contributed by atoms with van der Waals surface area (Å²) in [5.74, 6) is 0.505. The highest BCUT2D eigenvalue weighted by Crippen LogP contribution is 2.25. The van der Waals surface area contributed by atoms with Gasteiger partial charge in [0.15, 0.2) is 0 Å². The van der Waals surface area contributed by atoms with Crippen molar-refractivity contribution in [3.8, 4) is 0 Å². The Balaban J connectivity index is 2.18. The Bertz CT molecular complexity index is 598. The Labute approximate surface area is 125 Å². The SMILES string of the molecule is CCCNCc1ccc(N(C)c2ccccc2F)nc1C. The monoisotopic (exact) mass is 287 g/mol. The Morgan fingerprint density at radius 2 is 1.95 bits per heavy atom. The molecule has 21 heavy (non-hydrogen) atoms. The van der Waals surface area contributed by atoms with E-state index in [1.165, 1.54) is 11.6 Å². The zero-order valence-electron chi connectivity index (χ0n) is 12.9. The molecule has 2 rings (SSSR count). The number of aryl methyl sites for hydroxylation is 1. The van der Waals surface area contributed by atoms with Gasteiger partial charge in [-0.15, -0.1) is 0 Å². The number of nitrogens with one attached hydrogen (secondary N) is 1. The van der Waals surface area contributed by atoms with Crippen molar-refractivity contribution >= 4 is 11.5 Å². The van der Waals surface area contributed by atoms with Crippen LogP contribution in [0.4, 0.5) is 15.9 Å². The van der Waals surface area contributed by atoms with E-state index in [9.17, 15) is 4.39 Å². The number of rotatable bonds is 6. The molecule has 0 radical (unpaired) electrons. The number of pyridine rings is 1. The Morgan fingerprint density at radius 3 is 2.62 bits per heavy atom. The van der Waals surface area contributed by atoms with Crippen LogP contribution in [0, 0.1) is 12.7 Å². The Hall–Kier alpha value is -1.94. The van der Waals surface area contributed by atoms with Gasteiger partial charge in [-0.05, 0) is 43.7 Å². The van der Waals surface area contributed by atoms with E-state index in [1.54, 1.807) is 17.0 Å². The molecule has 0 unspecified atom stereocenters. The Morgan fingerprint density at radius 1 is 1.19 bits per heavy atom. The summed E-state index contributed by atoms with van der Waals surface area (Å²) in [6.45, 7) is 5.94. The van der Waals surface area contributed by atoms with E-state index in [1.807, 2.05) is 26.1 Å². The average molecular weight is 287 g/mol. The number of benzene rings is 1. The molecule has 1 aromatic carbocycles. The van der Waals surface area contributed by atoms with Gasteiger partial charge >= 0.3 is 0 Å². The molecule has 1 aromatic heterocycles. The van der Waals surface area contributed by atoms with Crippen LogP contribution in [0.5, 0.6) is 0 Å². The number of nitrogens with zero attached hydrogens (tertiary/aromatic N) is 2. The summed E-state index contributed by atoms with van der Waals surface area (Å²) in [6, 6.07) is 10.7. The molecule has 1 heterocycles. The molecular weight excluding hydrogens is 265 g/mol. The summed E-state index contributed by atoms with van der Waals surface area (Å²) in [5, 5.41) is 3.37. The van der Waals surface area contributed by atoms with Crippen LogP contribution in [0.25, 0.3) is 0 Å². The third-order valence-electron chi connectivity index (χ3n) is 3.48. The molecular formula is C17H22FN3. The van der Waals surface area contributed by atoms with Gasteiger partial charge in [0, 0.05) is 19.3 Å². The van der Waals surface area contributed by atoms with Crippen molar-refractivity contribution in [1.82, 2.24) is 10.3 Å². The van der Waals surface area contributed by atoms with Crippen molar-refractivity contribution in [3.05, 3.63) is 53.5 Å². The molecule has 0 amide bonds. The van der Waals surface area contributed by atoms with Crippen LogP contribution < -0.4 is 10.2 Å². The van der Waals surface area contributed by atoms with Crippen molar-refractivity contribution in [2.24, 2.45) is 0 Å². The number of hydrogen-bond donors (Lipinski definition) is 1. The van der Waals surface area contributed by atoms with Crippen molar-refractivity contribution in [2.45, 2.75) is 26.8 Å². The van der Waals surface area contributed by atoms with E-state index in [4.69, 9.17) is 0 Å². The van der Waals surface area contributed by atoms with Crippen molar-refractivity contribution in [3.63, 3.8) is 0 Å². The minimum Gasteiger partial charge on any atom is -0.327 e. The van der Waals surface area contributed by atoms with Gasteiger partial charge in [-0.1, -0.05) is 25.1 Å².